The van der Waals surface area contributed by atoms with E-state index in [-0.39, 0.29) is 0 Å². The van der Waals surface area contributed by atoms with Gasteiger partial charge in [0.05, 0.1) is 12.2 Å². The van der Waals surface area contributed by atoms with Crippen molar-refractivity contribution in [2.45, 2.75) is 44.3 Å². The molecule has 0 unspecified atom stereocenters. The standard InChI is InChI=1S/C9H18O2/c1-10-8-5-3-4-6-9(7-8)11-2/h8-9H,3-7H2,1-2H3/t8-,9-/m1/s1. The topological polar surface area (TPSA) is 18.5 Å². The van der Waals surface area contributed by atoms with Crippen LogP contribution in [0.2, 0.25) is 0 Å². The molecule has 1 saturated carbocycles. The fourth-order valence-corrected chi connectivity index (χ4v) is 1.70. The number of methoxy groups -OCH3 is 2. The molecule has 2 nitrogen and oxygen atoms in total. The van der Waals surface area contributed by atoms with E-state index in [1.807, 2.05) is 0 Å². The minimum atomic E-state index is 0.433. The van der Waals surface area contributed by atoms with E-state index in [9.17, 15) is 0 Å². The average molecular weight is 158 g/mol. The fraction of sp³-hybridized carbons (Fsp3) is 1.00. The van der Waals surface area contributed by atoms with Crippen LogP contribution in [-0.2, 0) is 9.47 Å². The van der Waals surface area contributed by atoms with Crippen molar-refractivity contribution < 1.29 is 9.47 Å². The van der Waals surface area contributed by atoms with Gasteiger partial charge in [0.25, 0.3) is 0 Å². The molecule has 1 fully saturated rings. The highest BCUT2D eigenvalue weighted by Gasteiger charge is 2.18. The summed E-state index contributed by atoms with van der Waals surface area (Å²) in [5.74, 6) is 0. The highest BCUT2D eigenvalue weighted by atomic mass is 16.5. The molecule has 2 atom stereocenters. The summed E-state index contributed by atoms with van der Waals surface area (Å²) in [5, 5.41) is 0. The van der Waals surface area contributed by atoms with Crippen LogP contribution in [0.3, 0.4) is 0 Å². The van der Waals surface area contributed by atoms with Gasteiger partial charge in [0.1, 0.15) is 0 Å². The molecule has 0 bridgehead atoms. The lowest BCUT2D eigenvalue weighted by atomic mass is 10.1. The summed E-state index contributed by atoms with van der Waals surface area (Å²) in [4.78, 5) is 0. The van der Waals surface area contributed by atoms with Crippen LogP contribution in [0.5, 0.6) is 0 Å². The first-order valence-corrected chi connectivity index (χ1v) is 4.42. The SMILES string of the molecule is CO[C@@H]1CCCC[C@@H](OC)C1. The summed E-state index contributed by atoms with van der Waals surface area (Å²) >= 11 is 0. The van der Waals surface area contributed by atoms with E-state index in [2.05, 4.69) is 0 Å². The zero-order valence-corrected chi connectivity index (χ0v) is 7.51. The molecule has 0 heterocycles. The minimum absolute atomic E-state index is 0.433. The fourth-order valence-electron chi connectivity index (χ4n) is 1.70. The van der Waals surface area contributed by atoms with Crippen LogP contribution in [-0.4, -0.2) is 26.4 Å². The van der Waals surface area contributed by atoms with Gasteiger partial charge < -0.3 is 9.47 Å². The molecule has 0 aromatic carbocycles. The largest absolute Gasteiger partial charge is 0.381 e. The predicted molar refractivity (Wildman–Crippen MR) is 44.7 cm³/mol. The van der Waals surface area contributed by atoms with Gasteiger partial charge in [0.15, 0.2) is 0 Å². The molecule has 2 heteroatoms. The maximum atomic E-state index is 5.32. The Balaban J connectivity index is 2.33. The van der Waals surface area contributed by atoms with E-state index < -0.39 is 0 Å². The Kier molecular flexibility index (Phi) is 3.87. The van der Waals surface area contributed by atoms with Crippen LogP contribution in [0, 0.1) is 0 Å². The van der Waals surface area contributed by atoms with Gasteiger partial charge in [-0.15, -0.1) is 0 Å². The second-order valence-corrected chi connectivity index (χ2v) is 3.24. The van der Waals surface area contributed by atoms with Gasteiger partial charge in [0.2, 0.25) is 0 Å². The number of hydrogen-bond acceptors (Lipinski definition) is 2. The molecule has 0 amide bonds. The lowest BCUT2D eigenvalue weighted by Crippen LogP contribution is -2.18. The molecule has 66 valence electrons. The summed E-state index contributed by atoms with van der Waals surface area (Å²) in [6.45, 7) is 0. The molecule has 0 aromatic heterocycles. The molecule has 0 radical (unpaired) electrons. The summed E-state index contributed by atoms with van der Waals surface area (Å²) in [6, 6.07) is 0. The molecule has 1 rings (SSSR count). The lowest BCUT2D eigenvalue weighted by molar-refractivity contribution is 0.0261. The molecule has 0 N–H and O–H groups in total. The van der Waals surface area contributed by atoms with Crippen LogP contribution >= 0.6 is 0 Å². The van der Waals surface area contributed by atoms with Gasteiger partial charge in [-0.25, -0.2) is 0 Å². The molecular formula is C9H18O2. The summed E-state index contributed by atoms with van der Waals surface area (Å²) < 4.78 is 10.6. The van der Waals surface area contributed by atoms with Gasteiger partial charge in [0, 0.05) is 14.2 Å². The van der Waals surface area contributed by atoms with Crippen molar-refractivity contribution in [2.24, 2.45) is 0 Å². The maximum Gasteiger partial charge on any atom is 0.0596 e. The van der Waals surface area contributed by atoms with Gasteiger partial charge in [-0.05, 0) is 19.3 Å². The van der Waals surface area contributed by atoms with E-state index in [1.165, 1.54) is 25.7 Å². The monoisotopic (exact) mass is 158 g/mol. The molecule has 0 saturated heterocycles. The van der Waals surface area contributed by atoms with Crippen molar-refractivity contribution in [3.8, 4) is 0 Å². The van der Waals surface area contributed by atoms with Gasteiger partial charge in [-0.3, -0.25) is 0 Å². The van der Waals surface area contributed by atoms with Crippen molar-refractivity contribution in [1.29, 1.82) is 0 Å². The molecule has 1 aliphatic carbocycles. The van der Waals surface area contributed by atoms with Crippen molar-refractivity contribution in [3.05, 3.63) is 0 Å². The molecular weight excluding hydrogens is 140 g/mol. The highest BCUT2D eigenvalue weighted by molar-refractivity contribution is 4.70. The van der Waals surface area contributed by atoms with Crippen molar-refractivity contribution in [3.63, 3.8) is 0 Å². The van der Waals surface area contributed by atoms with Crippen LogP contribution in [0.1, 0.15) is 32.1 Å². The second-order valence-electron chi connectivity index (χ2n) is 3.24. The van der Waals surface area contributed by atoms with Crippen molar-refractivity contribution in [2.75, 3.05) is 14.2 Å². The van der Waals surface area contributed by atoms with Crippen LogP contribution in [0.25, 0.3) is 0 Å². The average Bonchev–Trinajstić information content (AvgIpc) is 2.28. The Bertz CT molecular complexity index is 91.7. The van der Waals surface area contributed by atoms with E-state index >= 15 is 0 Å². The molecule has 11 heavy (non-hydrogen) atoms. The summed E-state index contributed by atoms with van der Waals surface area (Å²) in [7, 11) is 3.59. The third kappa shape index (κ3) is 2.80. The van der Waals surface area contributed by atoms with Gasteiger partial charge in [-0.2, -0.15) is 0 Å². The summed E-state index contributed by atoms with van der Waals surface area (Å²) in [6.07, 6.45) is 6.93. The Morgan fingerprint density at radius 1 is 0.909 bits per heavy atom. The first kappa shape index (κ1) is 9.01. The van der Waals surface area contributed by atoms with E-state index in [0.717, 1.165) is 6.42 Å². The van der Waals surface area contributed by atoms with E-state index in [0.29, 0.717) is 12.2 Å². The Morgan fingerprint density at radius 2 is 1.36 bits per heavy atom. The summed E-state index contributed by atoms with van der Waals surface area (Å²) in [5.41, 5.74) is 0. The minimum Gasteiger partial charge on any atom is -0.381 e. The second kappa shape index (κ2) is 4.73. The highest BCUT2D eigenvalue weighted by Crippen LogP contribution is 2.21. The van der Waals surface area contributed by atoms with Gasteiger partial charge in [-0.1, -0.05) is 12.8 Å². The number of rotatable bonds is 2. The third-order valence-electron chi connectivity index (χ3n) is 2.49. The molecule has 0 spiro atoms. The zero-order valence-electron chi connectivity index (χ0n) is 7.51. The first-order valence-electron chi connectivity index (χ1n) is 4.42. The maximum absolute atomic E-state index is 5.32. The van der Waals surface area contributed by atoms with Crippen molar-refractivity contribution >= 4 is 0 Å². The van der Waals surface area contributed by atoms with Gasteiger partial charge >= 0.3 is 0 Å². The number of ether oxygens (including phenoxy) is 2. The predicted octanol–water partition coefficient (Wildman–Crippen LogP) is 1.98. The lowest BCUT2D eigenvalue weighted by Gasteiger charge is -2.16. The normalized spacial score (nSPS) is 33.3. The Labute approximate surface area is 68.9 Å². The van der Waals surface area contributed by atoms with Crippen LogP contribution < -0.4 is 0 Å². The first-order chi connectivity index (χ1) is 5.36. The van der Waals surface area contributed by atoms with Crippen LogP contribution in [0.4, 0.5) is 0 Å². The zero-order chi connectivity index (χ0) is 8.10. The molecule has 1 aliphatic rings. The van der Waals surface area contributed by atoms with Crippen LogP contribution in [0.15, 0.2) is 0 Å². The van der Waals surface area contributed by atoms with Crippen molar-refractivity contribution in [1.82, 2.24) is 0 Å². The van der Waals surface area contributed by atoms with E-state index in [4.69, 9.17) is 9.47 Å². The molecule has 0 aromatic rings. The molecule has 0 aliphatic heterocycles. The smallest absolute Gasteiger partial charge is 0.0596 e. The Morgan fingerprint density at radius 3 is 1.73 bits per heavy atom. The third-order valence-corrected chi connectivity index (χ3v) is 2.49. The number of hydrogen-bond donors (Lipinski definition) is 0. The Hall–Kier alpha value is -0.0800. The quantitative estimate of drug-likeness (QED) is 0.572. The van der Waals surface area contributed by atoms with E-state index in [1.54, 1.807) is 14.2 Å².